The molecule has 0 bridgehead atoms. The first-order chi connectivity index (χ1) is 8.61. The molecule has 0 saturated carbocycles. The van der Waals surface area contributed by atoms with E-state index in [4.69, 9.17) is 0 Å². The zero-order valence-electron chi connectivity index (χ0n) is 10.2. The molecule has 1 N–H and O–H groups in total. The van der Waals surface area contributed by atoms with Gasteiger partial charge in [-0.15, -0.1) is 0 Å². The number of benzene rings is 1. The molecule has 0 aliphatic carbocycles. The molecule has 2 rings (SSSR count). The number of hydrogen-bond acceptors (Lipinski definition) is 3. The summed E-state index contributed by atoms with van der Waals surface area (Å²) in [4.78, 5) is 9.04. The third-order valence-corrected chi connectivity index (χ3v) is 3.94. The normalized spacial score (nSPS) is 10.4. The average Bonchev–Trinajstić information content (AvgIpc) is 2.36. The standard InChI is InChI=1S/C13H13Br2N3/c1-3-16-13-11(15)8(2)17-12(18-13)9-4-6-10(14)7-5-9/h4-7H,3H2,1-2H3,(H,16,17,18). The molecule has 1 aromatic heterocycles. The van der Waals surface area contributed by atoms with Crippen molar-refractivity contribution in [3.8, 4) is 11.4 Å². The van der Waals surface area contributed by atoms with Gasteiger partial charge in [-0.25, -0.2) is 9.97 Å². The highest BCUT2D eigenvalue weighted by Crippen LogP contribution is 2.27. The van der Waals surface area contributed by atoms with Crippen LogP contribution in [-0.2, 0) is 0 Å². The maximum Gasteiger partial charge on any atom is 0.161 e. The molecule has 0 atom stereocenters. The summed E-state index contributed by atoms with van der Waals surface area (Å²) < 4.78 is 1.97. The molecule has 0 amide bonds. The molecule has 0 unspecified atom stereocenters. The molecule has 0 fully saturated rings. The van der Waals surface area contributed by atoms with Crippen LogP contribution in [0.15, 0.2) is 33.2 Å². The second kappa shape index (κ2) is 5.80. The average molecular weight is 371 g/mol. The lowest BCUT2D eigenvalue weighted by Crippen LogP contribution is -2.04. The van der Waals surface area contributed by atoms with Crippen molar-refractivity contribution < 1.29 is 0 Å². The van der Waals surface area contributed by atoms with Crippen molar-refractivity contribution in [1.82, 2.24) is 9.97 Å². The van der Waals surface area contributed by atoms with E-state index in [2.05, 4.69) is 47.1 Å². The van der Waals surface area contributed by atoms with Crippen molar-refractivity contribution in [3.05, 3.63) is 38.9 Å². The van der Waals surface area contributed by atoms with E-state index in [-0.39, 0.29) is 0 Å². The number of hydrogen-bond donors (Lipinski definition) is 1. The highest BCUT2D eigenvalue weighted by molar-refractivity contribution is 9.10. The monoisotopic (exact) mass is 369 g/mol. The van der Waals surface area contributed by atoms with E-state index in [1.807, 2.05) is 38.1 Å². The van der Waals surface area contributed by atoms with Gasteiger partial charge >= 0.3 is 0 Å². The predicted octanol–water partition coefficient (Wildman–Crippen LogP) is 4.41. The van der Waals surface area contributed by atoms with Gasteiger partial charge in [-0.1, -0.05) is 28.1 Å². The summed E-state index contributed by atoms with van der Waals surface area (Å²) in [6.45, 7) is 4.84. The number of nitrogens with one attached hydrogen (secondary N) is 1. The van der Waals surface area contributed by atoms with Crippen molar-refractivity contribution >= 4 is 37.7 Å². The summed E-state index contributed by atoms with van der Waals surface area (Å²) in [5, 5.41) is 3.23. The lowest BCUT2D eigenvalue weighted by molar-refractivity contribution is 1.06. The summed E-state index contributed by atoms with van der Waals surface area (Å²) in [6.07, 6.45) is 0. The van der Waals surface area contributed by atoms with Crippen molar-refractivity contribution in [3.63, 3.8) is 0 Å². The minimum absolute atomic E-state index is 0.735. The Morgan fingerprint density at radius 3 is 2.39 bits per heavy atom. The summed E-state index contributed by atoms with van der Waals surface area (Å²) in [7, 11) is 0. The first-order valence-corrected chi connectivity index (χ1v) is 7.24. The molecule has 3 nitrogen and oxygen atoms in total. The van der Waals surface area contributed by atoms with Crippen LogP contribution >= 0.6 is 31.9 Å². The summed E-state index contributed by atoms with van der Waals surface area (Å²) in [5.74, 6) is 1.57. The molecule has 0 aliphatic heterocycles. The zero-order chi connectivity index (χ0) is 13.1. The Morgan fingerprint density at radius 1 is 1.11 bits per heavy atom. The highest BCUT2D eigenvalue weighted by Gasteiger charge is 2.10. The van der Waals surface area contributed by atoms with Gasteiger partial charge in [0.05, 0.1) is 10.2 Å². The minimum atomic E-state index is 0.735. The van der Waals surface area contributed by atoms with Crippen LogP contribution in [0.5, 0.6) is 0 Å². The van der Waals surface area contributed by atoms with Crippen LogP contribution in [0.2, 0.25) is 0 Å². The first kappa shape index (κ1) is 13.5. The van der Waals surface area contributed by atoms with Gasteiger partial charge in [0.15, 0.2) is 5.82 Å². The third-order valence-electron chi connectivity index (χ3n) is 2.46. The first-order valence-electron chi connectivity index (χ1n) is 5.65. The zero-order valence-corrected chi connectivity index (χ0v) is 13.3. The predicted molar refractivity (Wildman–Crippen MR) is 81.8 cm³/mol. The van der Waals surface area contributed by atoms with E-state index in [0.717, 1.165) is 38.4 Å². The van der Waals surface area contributed by atoms with Crippen molar-refractivity contribution in [2.24, 2.45) is 0 Å². The van der Waals surface area contributed by atoms with Crippen LogP contribution in [-0.4, -0.2) is 16.5 Å². The lowest BCUT2D eigenvalue weighted by Gasteiger charge is -2.10. The molecule has 1 aromatic carbocycles. The molecule has 1 heterocycles. The van der Waals surface area contributed by atoms with Gasteiger partial charge in [-0.2, -0.15) is 0 Å². The van der Waals surface area contributed by atoms with Gasteiger partial charge in [0.2, 0.25) is 0 Å². The molecule has 94 valence electrons. The molecular formula is C13H13Br2N3. The van der Waals surface area contributed by atoms with Gasteiger partial charge in [0, 0.05) is 16.6 Å². The largest absolute Gasteiger partial charge is 0.369 e. The van der Waals surface area contributed by atoms with Crippen LogP contribution in [0.25, 0.3) is 11.4 Å². The number of aryl methyl sites for hydroxylation is 1. The molecule has 18 heavy (non-hydrogen) atoms. The Hall–Kier alpha value is -0.940. The van der Waals surface area contributed by atoms with Crippen LogP contribution < -0.4 is 5.32 Å². The smallest absolute Gasteiger partial charge is 0.161 e. The highest BCUT2D eigenvalue weighted by atomic mass is 79.9. The minimum Gasteiger partial charge on any atom is -0.369 e. The molecule has 0 spiro atoms. The van der Waals surface area contributed by atoms with E-state index >= 15 is 0 Å². The second-order valence-electron chi connectivity index (χ2n) is 3.83. The Labute approximate surface area is 123 Å². The van der Waals surface area contributed by atoms with Crippen molar-refractivity contribution in [1.29, 1.82) is 0 Å². The van der Waals surface area contributed by atoms with Gasteiger partial charge in [-0.3, -0.25) is 0 Å². The molecule has 5 heteroatoms. The van der Waals surface area contributed by atoms with Gasteiger partial charge in [0.25, 0.3) is 0 Å². The molecule has 0 aliphatic rings. The number of anilines is 1. The number of rotatable bonds is 3. The third kappa shape index (κ3) is 2.90. The van der Waals surface area contributed by atoms with Gasteiger partial charge in [-0.05, 0) is 41.9 Å². The molecule has 0 saturated heterocycles. The number of nitrogens with zero attached hydrogens (tertiary/aromatic N) is 2. The van der Waals surface area contributed by atoms with Crippen LogP contribution in [0, 0.1) is 6.92 Å². The number of aromatic nitrogens is 2. The fourth-order valence-electron chi connectivity index (χ4n) is 1.57. The van der Waals surface area contributed by atoms with Gasteiger partial charge in [0.1, 0.15) is 5.82 Å². The van der Waals surface area contributed by atoms with Crippen molar-refractivity contribution in [2.45, 2.75) is 13.8 Å². The Morgan fingerprint density at radius 2 is 1.78 bits per heavy atom. The van der Waals surface area contributed by atoms with Crippen LogP contribution in [0.4, 0.5) is 5.82 Å². The Bertz CT molecular complexity index is 553. The van der Waals surface area contributed by atoms with E-state index in [0.29, 0.717) is 0 Å². The van der Waals surface area contributed by atoms with E-state index < -0.39 is 0 Å². The quantitative estimate of drug-likeness (QED) is 0.869. The van der Waals surface area contributed by atoms with E-state index in [9.17, 15) is 0 Å². The lowest BCUT2D eigenvalue weighted by atomic mass is 10.2. The molecule has 0 radical (unpaired) electrons. The fraction of sp³-hybridized carbons (Fsp3) is 0.231. The maximum absolute atomic E-state index is 4.54. The fourth-order valence-corrected chi connectivity index (χ4v) is 2.15. The summed E-state index contributed by atoms with van der Waals surface area (Å²) in [6, 6.07) is 7.98. The van der Waals surface area contributed by atoms with E-state index in [1.54, 1.807) is 0 Å². The summed E-state index contributed by atoms with van der Waals surface area (Å²) in [5.41, 5.74) is 1.94. The SMILES string of the molecule is CCNc1nc(-c2ccc(Br)cc2)nc(C)c1Br. The molecule has 2 aromatic rings. The van der Waals surface area contributed by atoms with Crippen molar-refractivity contribution in [2.75, 3.05) is 11.9 Å². The number of halogens is 2. The molecular weight excluding hydrogens is 358 g/mol. The maximum atomic E-state index is 4.54. The van der Waals surface area contributed by atoms with Crippen LogP contribution in [0.3, 0.4) is 0 Å². The van der Waals surface area contributed by atoms with Gasteiger partial charge < -0.3 is 5.32 Å². The summed E-state index contributed by atoms with van der Waals surface area (Å²) >= 11 is 6.93. The van der Waals surface area contributed by atoms with E-state index in [1.165, 1.54) is 0 Å². The second-order valence-corrected chi connectivity index (χ2v) is 5.54. The Kier molecular flexibility index (Phi) is 4.35. The Balaban J connectivity index is 2.48. The topological polar surface area (TPSA) is 37.8 Å². The van der Waals surface area contributed by atoms with Crippen LogP contribution in [0.1, 0.15) is 12.6 Å².